The monoisotopic (exact) mass is 482 g/mol. The second-order valence-electron chi connectivity index (χ2n) is 7.95. The van der Waals surface area contributed by atoms with Crippen molar-refractivity contribution in [2.45, 2.75) is 13.5 Å². The number of morpholine rings is 1. The number of benzene rings is 2. The van der Waals surface area contributed by atoms with E-state index in [1.165, 1.54) is 0 Å². The zero-order valence-corrected chi connectivity index (χ0v) is 19.9. The zero-order chi connectivity index (χ0) is 24.1. The Bertz CT molecular complexity index is 1130. The van der Waals surface area contributed by atoms with E-state index in [0.29, 0.717) is 50.0 Å². The summed E-state index contributed by atoms with van der Waals surface area (Å²) in [4.78, 5) is 40.6. The van der Waals surface area contributed by atoms with Gasteiger partial charge < -0.3 is 19.1 Å². The Morgan fingerprint density at radius 1 is 1.12 bits per heavy atom. The van der Waals surface area contributed by atoms with Crippen LogP contribution in [0.25, 0.3) is 6.08 Å². The summed E-state index contributed by atoms with van der Waals surface area (Å²) in [6, 6.07) is 13.4. The lowest BCUT2D eigenvalue weighted by Crippen LogP contribution is -2.46. The Hall–Kier alpha value is -3.30. The van der Waals surface area contributed by atoms with Crippen LogP contribution in [0.1, 0.15) is 16.7 Å². The fourth-order valence-corrected chi connectivity index (χ4v) is 4.53. The summed E-state index contributed by atoms with van der Waals surface area (Å²) in [5.41, 5.74) is 2.89. The van der Waals surface area contributed by atoms with Gasteiger partial charge in [0, 0.05) is 13.1 Å². The second-order valence-corrected chi connectivity index (χ2v) is 8.94. The minimum atomic E-state index is -0.477. The molecule has 2 aromatic rings. The van der Waals surface area contributed by atoms with Gasteiger partial charge in [0.15, 0.2) is 11.5 Å². The maximum Gasteiger partial charge on any atom is 0.294 e. The van der Waals surface area contributed by atoms with Gasteiger partial charge in [-0.25, -0.2) is 0 Å². The van der Waals surface area contributed by atoms with Crippen LogP contribution in [0.4, 0.5) is 4.79 Å². The minimum absolute atomic E-state index is 0.259. The normalized spacial score (nSPS) is 17.4. The second kappa shape index (κ2) is 10.8. The van der Waals surface area contributed by atoms with Crippen LogP contribution >= 0.6 is 11.8 Å². The minimum Gasteiger partial charge on any atom is -0.493 e. The summed E-state index contributed by atoms with van der Waals surface area (Å²) in [6.45, 7) is 4.00. The third-order valence-electron chi connectivity index (χ3n) is 5.49. The molecule has 0 aromatic heterocycles. The number of aryl methyl sites for hydroxylation is 1. The molecule has 2 fully saturated rings. The molecule has 0 radical (unpaired) electrons. The summed E-state index contributed by atoms with van der Waals surface area (Å²) in [5, 5.41) is -0.456. The van der Waals surface area contributed by atoms with Crippen LogP contribution < -0.4 is 9.47 Å². The molecule has 2 aromatic carbocycles. The standard InChI is InChI=1S/C25H26N2O6S/c1-17-4-3-5-19(12-17)16-33-20-7-6-18(13-21(20)31-2)14-22-24(29)27(25(30)34-22)15-23(28)26-8-10-32-11-9-26/h3-7,12-14H,8-11,15-16H2,1-2H3/b22-14+. The van der Waals surface area contributed by atoms with E-state index >= 15 is 0 Å². The predicted molar refractivity (Wildman–Crippen MR) is 129 cm³/mol. The molecule has 34 heavy (non-hydrogen) atoms. The number of imide groups is 1. The first-order valence-corrected chi connectivity index (χ1v) is 11.7. The van der Waals surface area contributed by atoms with Gasteiger partial charge in [-0.1, -0.05) is 35.9 Å². The van der Waals surface area contributed by atoms with Gasteiger partial charge in [-0.05, 0) is 48.0 Å². The van der Waals surface area contributed by atoms with Crippen LogP contribution in [0.3, 0.4) is 0 Å². The molecule has 8 nitrogen and oxygen atoms in total. The van der Waals surface area contributed by atoms with Crippen LogP contribution in [0, 0.1) is 6.92 Å². The average molecular weight is 483 g/mol. The lowest BCUT2D eigenvalue weighted by atomic mass is 10.1. The van der Waals surface area contributed by atoms with Crippen molar-refractivity contribution in [2.75, 3.05) is 40.0 Å². The van der Waals surface area contributed by atoms with E-state index in [1.807, 2.05) is 25.1 Å². The van der Waals surface area contributed by atoms with Crippen LogP contribution in [0.5, 0.6) is 11.5 Å². The third-order valence-corrected chi connectivity index (χ3v) is 6.40. The Morgan fingerprint density at radius 3 is 2.65 bits per heavy atom. The summed E-state index contributed by atoms with van der Waals surface area (Å²) in [6.07, 6.45) is 1.62. The van der Waals surface area contributed by atoms with Gasteiger partial charge in [0.25, 0.3) is 11.1 Å². The van der Waals surface area contributed by atoms with E-state index in [9.17, 15) is 14.4 Å². The van der Waals surface area contributed by atoms with Crippen molar-refractivity contribution in [1.82, 2.24) is 9.80 Å². The summed E-state index contributed by atoms with van der Waals surface area (Å²) in [7, 11) is 1.55. The number of methoxy groups -OCH3 is 1. The van der Waals surface area contributed by atoms with Crippen LogP contribution in [-0.2, 0) is 20.9 Å². The number of thioether (sulfide) groups is 1. The fraction of sp³-hybridized carbons (Fsp3) is 0.320. The summed E-state index contributed by atoms with van der Waals surface area (Å²) >= 11 is 0.823. The van der Waals surface area contributed by atoms with Gasteiger partial charge in [-0.15, -0.1) is 0 Å². The number of rotatable bonds is 7. The number of hydrogen-bond acceptors (Lipinski definition) is 7. The molecule has 4 rings (SSSR count). The van der Waals surface area contributed by atoms with Crippen molar-refractivity contribution in [1.29, 1.82) is 0 Å². The maximum absolute atomic E-state index is 12.8. The first-order valence-electron chi connectivity index (χ1n) is 10.9. The molecule has 0 saturated carbocycles. The highest BCUT2D eigenvalue weighted by molar-refractivity contribution is 8.18. The average Bonchev–Trinajstić information content (AvgIpc) is 3.11. The Labute approximate surface area is 202 Å². The van der Waals surface area contributed by atoms with Crippen molar-refractivity contribution in [3.05, 3.63) is 64.1 Å². The molecule has 0 spiro atoms. The van der Waals surface area contributed by atoms with E-state index in [2.05, 4.69) is 6.07 Å². The van der Waals surface area contributed by atoms with Gasteiger partial charge in [-0.3, -0.25) is 19.3 Å². The zero-order valence-electron chi connectivity index (χ0n) is 19.1. The first kappa shape index (κ1) is 23.8. The molecule has 0 aliphatic carbocycles. The predicted octanol–water partition coefficient (Wildman–Crippen LogP) is 3.48. The van der Waals surface area contributed by atoms with E-state index in [0.717, 1.165) is 27.8 Å². The number of hydrogen-bond donors (Lipinski definition) is 0. The number of amides is 3. The molecule has 178 valence electrons. The van der Waals surface area contributed by atoms with E-state index in [-0.39, 0.29) is 17.4 Å². The topological polar surface area (TPSA) is 85.4 Å². The highest BCUT2D eigenvalue weighted by Crippen LogP contribution is 2.34. The smallest absolute Gasteiger partial charge is 0.294 e. The number of carbonyl (C=O) groups is 3. The van der Waals surface area contributed by atoms with Crippen molar-refractivity contribution in [3.63, 3.8) is 0 Å². The van der Waals surface area contributed by atoms with E-state index < -0.39 is 11.1 Å². The molecule has 9 heteroatoms. The van der Waals surface area contributed by atoms with Gasteiger partial charge >= 0.3 is 0 Å². The van der Waals surface area contributed by atoms with Crippen molar-refractivity contribution in [3.8, 4) is 11.5 Å². The highest BCUT2D eigenvalue weighted by Gasteiger charge is 2.37. The van der Waals surface area contributed by atoms with E-state index in [1.54, 1.807) is 36.3 Å². The largest absolute Gasteiger partial charge is 0.493 e. The molecule has 2 heterocycles. The SMILES string of the molecule is COc1cc(/C=C2/SC(=O)N(CC(=O)N3CCOCC3)C2=O)ccc1OCc1cccc(C)c1. The van der Waals surface area contributed by atoms with Gasteiger partial charge in [-0.2, -0.15) is 0 Å². The fourth-order valence-electron chi connectivity index (χ4n) is 3.69. The molecular weight excluding hydrogens is 456 g/mol. The maximum atomic E-state index is 12.8. The van der Waals surface area contributed by atoms with Crippen LogP contribution in [0.15, 0.2) is 47.4 Å². The molecule has 0 bridgehead atoms. The number of ether oxygens (including phenoxy) is 3. The molecular formula is C25H26N2O6S. The third kappa shape index (κ3) is 5.60. The number of nitrogens with zero attached hydrogens (tertiary/aromatic N) is 2. The quantitative estimate of drug-likeness (QED) is 0.559. The van der Waals surface area contributed by atoms with Crippen molar-refractivity contribution < 1.29 is 28.6 Å². The van der Waals surface area contributed by atoms with Gasteiger partial charge in [0.1, 0.15) is 13.2 Å². The van der Waals surface area contributed by atoms with Crippen molar-refractivity contribution >= 4 is 34.9 Å². The Kier molecular flexibility index (Phi) is 7.54. The Morgan fingerprint density at radius 2 is 1.91 bits per heavy atom. The molecule has 2 aliphatic heterocycles. The summed E-state index contributed by atoms with van der Waals surface area (Å²) < 4.78 is 16.6. The number of carbonyl (C=O) groups excluding carboxylic acids is 3. The molecule has 2 saturated heterocycles. The van der Waals surface area contributed by atoms with Gasteiger partial charge in [0.2, 0.25) is 5.91 Å². The van der Waals surface area contributed by atoms with Crippen LogP contribution in [0.2, 0.25) is 0 Å². The first-order chi connectivity index (χ1) is 16.4. The van der Waals surface area contributed by atoms with Gasteiger partial charge in [0.05, 0.1) is 25.2 Å². The lowest BCUT2D eigenvalue weighted by molar-refractivity contribution is -0.139. The molecule has 0 unspecified atom stereocenters. The van der Waals surface area contributed by atoms with Crippen LogP contribution in [-0.4, -0.2) is 66.8 Å². The highest BCUT2D eigenvalue weighted by atomic mass is 32.2. The lowest BCUT2D eigenvalue weighted by Gasteiger charge is -2.28. The molecule has 0 N–H and O–H groups in total. The van der Waals surface area contributed by atoms with Crippen molar-refractivity contribution in [2.24, 2.45) is 0 Å². The van der Waals surface area contributed by atoms with E-state index in [4.69, 9.17) is 14.2 Å². The summed E-state index contributed by atoms with van der Waals surface area (Å²) in [5.74, 6) is 0.354. The molecule has 3 amide bonds. The Balaban J connectivity index is 1.43. The molecule has 0 atom stereocenters. The molecule has 2 aliphatic rings.